The third kappa shape index (κ3) is 4.42. The molecule has 0 spiro atoms. The van der Waals surface area contributed by atoms with Gasteiger partial charge in [-0.2, -0.15) is 0 Å². The maximum Gasteiger partial charge on any atom is 0.0643 e. The van der Waals surface area contributed by atoms with Crippen molar-refractivity contribution in [2.24, 2.45) is 4.99 Å². The van der Waals surface area contributed by atoms with Crippen LogP contribution in [0.15, 0.2) is 150 Å². The lowest BCUT2D eigenvalue weighted by molar-refractivity contribution is 0.660. The Labute approximate surface area is 272 Å². The van der Waals surface area contributed by atoms with Crippen molar-refractivity contribution in [1.29, 1.82) is 0 Å². The summed E-state index contributed by atoms with van der Waals surface area (Å²) in [6, 6.07) is 42.8. The molecule has 2 aliphatic rings. The van der Waals surface area contributed by atoms with Gasteiger partial charge in [-0.15, -0.1) is 0 Å². The second-order valence-electron chi connectivity index (χ2n) is 13.1. The first-order valence-electron chi connectivity index (χ1n) is 16.3. The van der Waals surface area contributed by atoms with E-state index in [2.05, 4.69) is 167 Å². The summed E-state index contributed by atoms with van der Waals surface area (Å²) in [7, 11) is 0. The van der Waals surface area contributed by atoms with Crippen LogP contribution in [0.1, 0.15) is 44.4 Å². The second kappa shape index (κ2) is 11.0. The highest BCUT2D eigenvalue weighted by molar-refractivity contribution is 6.21. The summed E-state index contributed by atoms with van der Waals surface area (Å²) < 4.78 is 0. The lowest BCUT2D eigenvalue weighted by atomic mass is 9.80. The van der Waals surface area contributed by atoms with Gasteiger partial charge in [0.25, 0.3) is 0 Å². The molecule has 0 atom stereocenters. The average Bonchev–Trinajstić information content (AvgIpc) is 3.34. The molecule has 0 saturated carbocycles. The maximum atomic E-state index is 4.71. The van der Waals surface area contributed by atoms with Crippen LogP contribution in [-0.4, -0.2) is 12.3 Å². The number of benzene rings is 6. The van der Waals surface area contributed by atoms with Gasteiger partial charge in [-0.3, -0.25) is 4.99 Å². The van der Waals surface area contributed by atoms with E-state index in [0.29, 0.717) is 6.54 Å². The van der Waals surface area contributed by atoms with Crippen molar-refractivity contribution in [3.05, 3.63) is 162 Å². The Balaban J connectivity index is 1.50. The van der Waals surface area contributed by atoms with E-state index in [0.717, 1.165) is 5.71 Å². The van der Waals surface area contributed by atoms with E-state index < -0.39 is 0 Å². The monoisotopic (exact) mass is 591 g/mol. The van der Waals surface area contributed by atoms with Crippen molar-refractivity contribution in [2.75, 3.05) is 6.54 Å². The van der Waals surface area contributed by atoms with E-state index >= 15 is 0 Å². The van der Waals surface area contributed by atoms with Gasteiger partial charge in [-0.25, -0.2) is 0 Å². The van der Waals surface area contributed by atoms with Gasteiger partial charge >= 0.3 is 0 Å². The van der Waals surface area contributed by atoms with Gasteiger partial charge in [-0.1, -0.05) is 135 Å². The van der Waals surface area contributed by atoms with Crippen molar-refractivity contribution >= 4 is 32.8 Å². The van der Waals surface area contributed by atoms with Crippen LogP contribution in [0.25, 0.3) is 60.5 Å². The van der Waals surface area contributed by atoms with E-state index in [1.807, 2.05) is 0 Å². The Morgan fingerprint density at radius 1 is 0.630 bits per heavy atom. The molecule has 6 aromatic carbocycles. The number of hydrogen-bond acceptors (Lipinski definition) is 1. The van der Waals surface area contributed by atoms with E-state index in [9.17, 15) is 0 Å². The fourth-order valence-electron chi connectivity index (χ4n) is 7.69. The van der Waals surface area contributed by atoms with Crippen molar-refractivity contribution < 1.29 is 0 Å². The van der Waals surface area contributed by atoms with Crippen LogP contribution in [0.3, 0.4) is 0 Å². The topological polar surface area (TPSA) is 12.4 Å². The summed E-state index contributed by atoms with van der Waals surface area (Å²) in [6.45, 7) is 9.66. The van der Waals surface area contributed by atoms with Gasteiger partial charge in [0.15, 0.2) is 0 Å². The molecule has 0 fully saturated rings. The van der Waals surface area contributed by atoms with Crippen LogP contribution in [0.4, 0.5) is 0 Å². The molecule has 0 N–H and O–H groups in total. The molecule has 0 aromatic heterocycles. The van der Waals surface area contributed by atoms with Crippen molar-refractivity contribution in [1.82, 2.24) is 0 Å². The number of allylic oxidation sites excluding steroid dienone is 4. The van der Waals surface area contributed by atoms with E-state index in [-0.39, 0.29) is 5.41 Å². The van der Waals surface area contributed by atoms with Gasteiger partial charge in [0.1, 0.15) is 0 Å². The number of aliphatic imine (C=N–C) groups is 1. The Kier molecular flexibility index (Phi) is 6.73. The van der Waals surface area contributed by atoms with Crippen LogP contribution in [-0.2, 0) is 5.41 Å². The number of fused-ring (bicyclic) bond motifs is 5. The van der Waals surface area contributed by atoms with Gasteiger partial charge in [0.2, 0.25) is 0 Å². The van der Waals surface area contributed by atoms with Crippen molar-refractivity contribution in [3.63, 3.8) is 0 Å². The molecular formula is C45H37N. The summed E-state index contributed by atoms with van der Waals surface area (Å²) in [6.07, 6.45) is 8.92. The quantitative estimate of drug-likeness (QED) is 0.181. The zero-order valence-corrected chi connectivity index (χ0v) is 26.9. The lowest BCUT2D eigenvalue weighted by Crippen LogP contribution is -2.14. The average molecular weight is 592 g/mol. The zero-order valence-electron chi connectivity index (χ0n) is 26.9. The molecule has 1 aliphatic heterocycles. The van der Waals surface area contributed by atoms with Gasteiger partial charge in [0.05, 0.1) is 6.54 Å². The number of nitrogens with zero attached hydrogens (tertiary/aromatic N) is 1. The largest absolute Gasteiger partial charge is 0.285 e. The molecule has 0 radical (unpaired) electrons. The number of rotatable bonds is 4. The SMILES string of the molecule is C/C=C(\C=C1\C=CC(C)=NC1)c1c2ccccc2c(-c2cccc3c2-c2ccccc2C3(C)C)c2cc(-c3ccccc3)ccc12. The van der Waals surface area contributed by atoms with Crippen LogP contribution in [0, 0.1) is 0 Å². The zero-order chi connectivity index (χ0) is 31.4. The summed E-state index contributed by atoms with van der Waals surface area (Å²) in [4.78, 5) is 4.71. The summed E-state index contributed by atoms with van der Waals surface area (Å²) >= 11 is 0. The second-order valence-corrected chi connectivity index (χ2v) is 13.1. The summed E-state index contributed by atoms with van der Waals surface area (Å²) in [5.41, 5.74) is 15.3. The first-order valence-corrected chi connectivity index (χ1v) is 16.3. The highest BCUT2D eigenvalue weighted by Crippen LogP contribution is 2.54. The molecule has 222 valence electrons. The third-order valence-electron chi connectivity index (χ3n) is 10.00. The minimum absolute atomic E-state index is 0.0681. The fraction of sp³-hybridized carbons (Fsp3) is 0.133. The molecule has 0 saturated heterocycles. The molecule has 46 heavy (non-hydrogen) atoms. The van der Waals surface area contributed by atoms with Gasteiger partial charge in [-0.05, 0) is 115 Å². The predicted molar refractivity (Wildman–Crippen MR) is 199 cm³/mol. The first-order chi connectivity index (χ1) is 22.5. The highest BCUT2D eigenvalue weighted by atomic mass is 14.7. The molecule has 1 heterocycles. The summed E-state index contributed by atoms with van der Waals surface area (Å²) in [5, 5.41) is 5.08. The molecule has 6 aromatic rings. The molecule has 0 bridgehead atoms. The number of hydrogen-bond donors (Lipinski definition) is 0. The molecule has 1 heteroatoms. The highest BCUT2D eigenvalue weighted by Gasteiger charge is 2.37. The van der Waals surface area contributed by atoms with Gasteiger partial charge < -0.3 is 0 Å². The smallest absolute Gasteiger partial charge is 0.0643 e. The molecule has 0 amide bonds. The molecule has 1 aliphatic carbocycles. The van der Waals surface area contributed by atoms with Gasteiger partial charge in [0, 0.05) is 11.1 Å². The minimum Gasteiger partial charge on any atom is -0.285 e. The Morgan fingerprint density at radius 3 is 2.11 bits per heavy atom. The van der Waals surface area contributed by atoms with Crippen LogP contribution < -0.4 is 0 Å². The molecule has 8 rings (SSSR count). The van der Waals surface area contributed by atoms with Crippen LogP contribution >= 0.6 is 0 Å². The standard InChI is InChI=1S/C45H37N/c1-5-31(26-30-23-22-29(2)46-28-30)42-34-16-9-10-17-35(34)43(39-27-33(24-25-36(39)42)32-14-7-6-8-15-32)38-19-13-21-41-44(38)37-18-11-12-20-40(37)45(41,3)4/h5-27H,28H2,1-4H3/b30-26-,31-5+. The summed E-state index contributed by atoms with van der Waals surface area (Å²) in [5.74, 6) is 0. The number of dihydropyridines is 1. The maximum absolute atomic E-state index is 4.71. The van der Waals surface area contributed by atoms with E-state index in [1.54, 1.807) is 0 Å². The van der Waals surface area contributed by atoms with E-state index in [4.69, 9.17) is 4.99 Å². The first kappa shape index (κ1) is 28.2. The van der Waals surface area contributed by atoms with Crippen LogP contribution in [0.2, 0.25) is 0 Å². The Hall–Kier alpha value is -5.27. The molecular weight excluding hydrogens is 555 g/mol. The predicted octanol–water partition coefficient (Wildman–Crippen LogP) is 12.0. The lowest BCUT2D eigenvalue weighted by Gasteiger charge is -2.23. The fourth-order valence-corrected chi connectivity index (χ4v) is 7.69. The normalized spacial score (nSPS) is 16.1. The molecule has 1 nitrogen and oxygen atoms in total. The van der Waals surface area contributed by atoms with E-state index in [1.165, 1.54) is 82.8 Å². The van der Waals surface area contributed by atoms with Crippen molar-refractivity contribution in [2.45, 2.75) is 33.1 Å². The third-order valence-corrected chi connectivity index (χ3v) is 10.00. The Morgan fingerprint density at radius 2 is 1.33 bits per heavy atom. The minimum atomic E-state index is -0.0681. The van der Waals surface area contributed by atoms with Crippen molar-refractivity contribution in [3.8, 4) is 33.4 Å². The Bertz CT molecular complexity index is 2310. The molecule has 0 unspecified atom stereocenters. The van der Waals surface area contributed by atoms with Crippen LogP contribution in [0.5, 0.6) is 0 Å².